The number of benzene rings is 5. The van der Waals surface area contributed by atoms with E-state index in [1.807, 2.05) is 55.5 Å². The number of nitrogens with zero attached hydrogens (tertiary/aromatic N) is 2. The van der Waals surface area contributed by atoms with Crippen molar-refractivity contribution in [2.24, 2.45) is 0 Å². The van der Waals surface area contributed by atoms with Gasteiger partial charge in [0.25, 0.3) is 0 Å². The quantitative estimate of drug-likeness (QED) is 0.115. The first-order valence-corrected chi connectivity index (χ1v) is 17.6. The summed E-state index contributed by atoms with van der Waals surface area (Å²) >= 11 is 0. The maximum atomic E-state index is 10.8. The normalized spacial score (nSPS) is 10.4. The number of anilines is 2. The zero-order chi connectivity index (χ0) is 35.8. The monoisotopic (exact) mass is 679 g/mol. The molecule has 5 aromatic carbocycles. The molecule has 0 heterocycles. The van der Waals surface area contributed by atoms with Crippen molar-refractivity contribution in [1.82, 2.24) is 0 Å². The molecule has 0 fully saturated rings. The summed E-state index contributed by atoms with van der Waals surface area (Å²) in [7, 11) is -2.79. The summed E-state index contributed by atoms with van der Waals surface area (Å²) in [5.41, 5.74) is 7.00. The summed E-state index contributed by atoms with van der Waals surface area (Å²) in [4.78, 5) is 3.05. The molecule has 0 aliphatic heterocycles. The van der Waals surface area contributed by atoms with Crippen LogP contribution in [-0.2, 0) is 23.0 Å². The molecule has 5 aromatic rings. The van der Waals surface area contributed by atoms with E-state index in [-0.39, 0.29) is 4.90 Å². The highest BCUT2D eigenvalue weighted by Crippen LogP contribution is 2.31. The second-order valence-corrected chi connectivity index (χ2v) is 12.8. The van der Waals surface area contributed by atoms with Crippen molar-refractivity contribution in [3.63, 3.8) is 0 Å². The number of diazo groups is 1. The fraction of sp³-hybridized carbons (Fsp3) is 0.250. The van der Waals surface area contributed by atoms with E-state index >= 15 is 0 Å². The SMILES string of the molecule is CCCCc1ccc(Oc2ccc(CC)cc2)cc1.COc1cc(Nc2ccccc2)ccc1[N+]#N.Cc1cc(C)c(S(=O)(=O)[O-])c(C)c1. The maximum Gasteiger partial charge on any atom is 0.426 e. The highest BCUT2D eigenvalue weighted by Gasteiger charge is 2.14. The van der Waals surface area contributed by atoms with Crippen LogP contribution in [0.5, 0.6) is 17.2 Å². The molecule has 0 aliphatic rings. The lowest BCUT2D eigenvalue weighted by atomic mass is 10.1. The van der Waals surface area contributed by atoms with Crippen LogP contribution < -0.4 is 14.8 Å². The molecule has 0 aromatic heterocycles. The average Bonchev–Trinajstić information content (AvgIpc) is 3.08. The van der Waals surface area contributed by atoms with Gasteiger partial charge in [-0.25, -0.2) is 8.42 Å². The van der Waals surface area contributed by atoms with Crippen LogP contribution in [0.1, 0.15) is 54.5 Å². The summed E-state index contributed by atoms with van der Waals surface area (Å²) in [6, 6.07) is 35.2. The first-order valence-electron chi connectivity index (χ1n) is 16.2. The van der Waals surface area contributed by atoms with Gasteiger partial charge in [-0.1, -0.05) is 80.4 Å². The van der Waals surface area contributed by atoms with Gasteiger partial charge in [0.15, 0.2) is 4.98 Å². The highest BCUT2D eigenvalue weighted by molar-refractivity contribution is 7.85. The van der Waals surface area contributed by atoms with Gasteiger partial charge in [-0.3, -0.25) is 0 Å². The van der Waals surface area contributed by atoms with Gasteiger partial charge in [0, 0.05) is 23.5 Å². The Labute approximate surface area is 291 Å². The van der Waals surface area contributed by atoms with Gasteiger partial charge in [0.05, 0.1) is 12.0 Å². The summed E-state index contributed by atoms with van der Waals surface area (Å²) < 4.78 is 43.4. The van der Waals surface area contributed by atoms with Crippen molar-refractivity contribution < 1.29 is 22.4 Å². The largest absolute Gasteiger partial charge is 0.744 e. The van der Waals surface area contributed by atoms with Crippen LogP contribution in [0, 0.1) is 26.2 Å². The lowest BCUT2D eigenvalue weighted by Gasteiger charge is -2.14. The van der Waals surface area contributed by atoms with Crippen LogP contribution in [-0.4, -0.2) is 20.1 Å². The Morgan fingerprint density at radius 1 is 0.755 bits per heavy atom. The first-order chi connectivity index (χ1) is 23.5. The molecular formula is C40H45N3O5S. The Kier molecular flexibility index (Phi) is 14.8. The zero-order valence-electron chi connectivity index (χ0n) is 29.1. The predicted molar refractivity (Wildman–Crippen MR) is 197 cm³/mol. The fourth-order valence-corrected chi connectivity index (χ4v) is 6.03. The molecule has 9 heteroatoms. The Hall–Kier alpha value is -5.17. The number of unbranched alkanes of at least 4 members (excludes halogenated alkanes) is 1. The van der Waals surface area contributed by atoms with Crippen molar-refractivity contribution in [3.8, 4) is 17.2 Å². The number of rotatable bonds is 10. The lowest BCUT2D eigenvalue weighted by Crippen LogP contribution is -2.04. The standard InChI is InChI=1S/C18H22O.C13H12N3O.C9H12O3S/c1-3-5-6-16-9-13-18(14-10-16)19-17-11-7-15(4-2)8-12-17;1-17-13-9-11(7-8-12(13)16-14)15-10-5-3-2-4-6-10;1-6-4-7(2)9(8(3)5-6)13(10,11)12/h7-14H,3-6H2,1-2H3;2-9,15H,1H3;4-5H,1-3H3,(H,10,11,12)/q;+1;/p-1. The topological polar surface area (TPSA) is 116 Å². The molecule has 8 nitrogen and oxygen atoms in total. The Morgan fingerprint density at radius 3 is 1.82 bits per heavy atom. The van der Waals surface area contributed by atoms with Gasteiger partial charge >= 0.3 is 5.69 Å². The first kappa shape index (κ1) is 38.3. The third-order valence-corrected chi connectivity index (χ3v) is 8.66. The maximum absolute atomic E-state index is 10.8. The molecule has 5 rings (SSSR count). The average molecular weight is 680 g/mol. The predicted octanol–water partition coefficient (Wildman–Crippen LogP) is 10.8. The minimum absolute atomic E-state index is 0.0851. The molecule has 0 radical (unpaired) electrons. The molecule has 1 N–H and O–H groups in total. The minimum Gasteiger partial charge on any atom is -0.744 e. The zero-order valence-corrected chi connectivity index (χ0v) is 29.9. The number of para-hydroxylation sites is 1. The summed E-state index contributed by atoms with van der Waals surface area (Å²) in [5, 5.41) is 12.0. The van der Waals surface area contributed by atoms with Crippen molar-refractivity contribution in [3.05, 3.63) is 142 Å². The minimum atomic E-state index is -4.33. The van der Waals surface area contributed by atoms with Crippen LogP contribution in [0.15, 0.2) is 114 Å². The Morgan fingerprint density at radius 2 is 1.33 bits per heavy atom. The molecule has 0 aliphatic carbocycles. The van der Waals surface area contributed by atoms with Crippen molar-refractivity contribution >= 4 is 27.2 Å². The smallest absolute Gasteiger partial charge is 0.426 e. The number of hydrogen-bond acceptors (Lipinski definition) is 7. The third kappa shape index (κ3) is 12.4. The number of hydrogen-bond donors (Lipinski definition) is 1. The van der Waals surface area contributed by atoms with Crippen LogP contribution in [0.2, 0.25) is 0 Å². The molecular weight excluding hydrogens is 635 g/mol. The van der Waals surface area contributed by atoms with Gasteiger partial charge in [-0.15, -0.1) is 0 Å². The van der Waals surface area contributed by atoms with Crippen molar-refractivity contribution in [2.75, 3.05) is 12.4 Å². The van der Waals surface area contributed by atoms with E-state index in [1.54, 1.807) is 38.1 Å². The van der Waals surface area contributed by atoms with E-state index in [0.717, 1.165) is 41.3 Å². The van der Waals surface area contributed by atoms with Crippen molar-refractivity contribution in [2.45, 2.75) is 65.2 Å². The molecule has 0 saturated heterocycles. The highest BCUT2D eigenvalue weighted by atomic mass is 32.2. The molecule has 0 atom stereocenters. The van der Waals surface area contributed by atoms with E-state index in [4.69, 9.17) is 14.9 Å². The van der Waals surface area contributed by atoms with E-state index in [9.17, 15) is 13.0 Å². The van der Waals surface area contributed by atoms with E-state index < -0.39 is 10.1 Å². The second kappa shape index (κ2) is 19.0. The molecule has 0 saturated carbocycles. The lowest BCUT2D eigenvalue weighted by molar-refractivity contribution is 0.417. The fourth-order valence-electron chi connectivity index (χ4n) is 5.12. The Bertz CT molecular complexity index is 1900. The second-order valence-electron chi connectivity index (χ2n) is 11.5. The van der Waals surface area contributed by atoms with E-state index in [2.05, 4.69) is 60.5 Å². The van der Waals surface area contributed by atoms with Crippen LogP contribution in [0.3, 0.4) is 0 Å². The number of methoxy groups -OCH3 is 1. The van der Waals surface area contributed by atoms with Crippen LogP contribution in [0.4, 0.5) is 17.1 Å². The van der Waals surface area contributed by atoms with Crippen LogP contribution >= 0.6 is 0 Å². The van der Waals surface area contributed by atoms with Crippen molar-refractivity contribution in [1.29, 1.82) is 5.39 Å². The van der Waals surface area contributed by atoms with Gasteiger partial charge < -0.3 is 19.3 Å². The number of ether oxygens (including phenoxy) is 2. The number of nitrogens with one attached hydrogen (secondary N) is 1. The Balaban J connectivity index is 0.000000203. The number of aryl methyl sites for hydroxylation is 5. The molecule has 0 unspecified atom stereocenters. The van der Waals surface area contributed by atoms with Gasteiger partial charge in [-0.2, -0.15) is 0 Å². The van der Waals surface area contributed by atoms with Gasteiger partial charge in [0.1, 0.15) is 21.6 Å². The third-order valence-electron chi connectivity index (χ3n) is 7.51. The van der Waals surface area contributed by atoms with E-state index in [0.29, 0.717) is 22.6 Å². The van der Waals surface area contributed by atoms with Gasteiger partial charge in [0.2, 0.25) is 11.1 Å². The van der Waals surface area contributed by atoms with Crippen LogP contribution in [0.25, 0.3) is 4.98 Å². The van der Waals surface area contributed by atoms with E-state index in [1.165, 1.54) is 31.1 Å². The summed E-state index contributed by atoms with van der Waals surface area (Å²) in [6.45, 7) is 9.50. The molecule has 0 bridgehead atoms. The molecule has 0 amide bonds. The summed E-state index contributed by atoms with van der Waals surface area (Å²) in [5.74, 6) is 2.33. The summed E-state index contributed by atoms with van der Waals surface area (Å²) in [6.07, 6.45) is 4.70. The molecule has 0 spiro atoms. The van der Waals surface area contributed by atoms with Gasteiger partial charge in [-0.05, 0) is 105 Å². The molecule has 49 heavy (non-hydrogen) atoms. The molecule has 256 valence electrons.